The number of alkyl halides is 3. The molecule has 2 atom stereocenters. The van der Waals surface area contributed by atoms with E-state index >= 15 is 0 Å². The third-order valence-corrected chi connectivity index (χ3v) is 4.47. The molecule has 148 valence electrons. The molecule has 2 amide bonds. The van der Waals surface area contributed by atoms with E-state index in [1.807, 2.05) is 0 Å². The Hall–Kier alpha value is -3.03. The molecule has 2 unspecified atom stereocenters. The lowest BCUT2D eigenvalue weighted by Gasteiger charge is -2.32. The monoisotopic (exact) mass is 392 g/mol. The number of hydrogen-bond donors (Lipinski definition) is 1. The van der Waals surface area contributed by atoms with Crippen molar-refractivity contribution in [2.75, 3.05) is 11.4 Å². The molecule has 0 saturated carbocycles. The van der Waals surface area contributed by atoms with Gasteiger partial charge in [0, 0.05) is 0 Å². The summed E-state index contributed by atoms with van der Waals surface area (Å²) in [6.45, 7) is 2.92. The number of nitrogens with zero attached hydrogens (tertiary/aromatic N) is 1. The van der Waals surface area contributed by atoms with Crippen LogP contribution >= 0.6 is 0 Å². The minimum absolute atomic E-state index is 0.257. The molecule has 1 heterocycles. The molecule has 8 heteroatoms. The van der Waals surface area contributed by atoms with E-state index in [1.165, 1.54) is 17.0 Å². The first-order valence-corrected chi connectivity index (χ1v) is 8.70. The maximum atomic E-state index is 12.9. The Kier molecular flexibility index (Phi) is 5.31. The number of halogens is 3. The number of para-hydroxylation sites is 2. The highest BCUT2D eigenvalue weighted by Gasteiger charge is 2.33. The minimum Gasteiger partial charge on any atom is -0.479 e. The summed E-state index contributed by atoms with van der Waals surface area (Å²) in [6.07, 6.45) is -5.19. The predicted octanol–water partition coefficient (Wildman–Crippen LogP) is 3.70. The quantitative estimate of drug-likeness (QED) is 0.863. The zero-order chi connectivity index (χ0) is 20.5. The van der Waals surface area contributed by atoms with Crippen LogP contribution in [0.1, 0.15) is 31.0 Å². The number of nitrogens with one attached hydrogen (secondary N) is 1. The number of anilines is 1. The molecule has 2 aromatic rings. The summed E-state index contributed by atoms with van der Waals surface area (Å²) < 4.78 is 44.2. The van der Waals surface area contributed by atoms with E-state index in [1.54, 1.807) is 38.1 Å². The molecule has 0 saturated heterocycles. The van der Waals surface area contributed by atoms with Crippen molar-refractivity contribution in [3.05, 3.63) is 59.7 Å². The summed E-state index contributed by atoms with van der Waals surface area (Å²) in [4.78, 5) is 26.2. The van der Waals surface area contributed by atoms with Gasteiger partial charge in [0.2, 0.25) is 5.91 Å². The molecule has 0 spiro atoms. The van der Waals surface area contributed by atoms with Gasteiger partial charge in [0.15, 0.2) is 6.10 Å². The second-order valence-electron chi connectivity index (χ2n) is 6.56. The zero-order valence-corrected chi connectivity index (χ0v) is 15.3. The van der Waals surface area contributed by atoms with Crippen LogP contribution in [-0.2, 0) is 15.8 Å². The van der Waals surface area contributed by atoms with Crippen LogP contribution in [0.3, 0.4) is 0 Å². The number of amides is 2. The summed E-state index contributed by atoms with van der Waals surface area (Å²) in [5.74, 6) is -0.351. The van der Waals surface area contributed by atoms with Gasteiger partial charge in [0.1, 0.15) is 12.3 Å². The van der Waals surface area contributed by atoms with Crippen molar-refractivity contribution in [1.82, 2.24) is 5.32 Å². The lowest BCUT2D eigenvalue weighted by Crippen LogP contribution is -2.49. The fraction of sp³-hybridized carbons (Fsp3) is 0.300. The maximum Gasteiger partial charge on any atom is 0.416 e. The largest absolute Gasteiger partial charge is 0.479 e. The van der Waals surface area contributed by atoms with Crippen molar-refractivity contribution in [3.8, 4) is 5.75 Å². The topological polar surface area (TPSA) is 58.6 Å². The third-order valence-electron chi connectivity index (χ3n) is 4.47. The third kappa shape index (κ3) is 4.11. The molecule has 0 fully saturated rings. The molecule has 0 aliphatic carbocycles. The van der Waals surface area contributed by atoms with E-state index in [4.69, 9.17) is 4.74 Å². The molecule has 0 aromatic heterocycles. The molecule has 0 bridgehead atoms. The van der Waals surface area contributed by atoms with E-state index in [0.29, 0.717) is 17.0 Å². The van der Waals surface area contributed by atoms with Gasteiger partial charge in [-0.2, -0.15) is 13.2 Å². The molecular formula is C20H19F3N2O3. The van der Waals surface area contributed by atoms with Crippen LogP contribution < -0.4 is 15.0 Å². The van der Waals surface area contributed by atoms with E-state index in [2.05, 4.69) is 5.32 Å². The van der Waals surface area contributed by atoms with Crippen LogP contribution in [0.5, 0.6) is 5.75 Å². The fourth-order valence-electron chi connectivity index (χ4n) is 3.02. The molecular weight excluding hydrogens is 373 g/mol. The van der Waals surface area contributed by atoms with E-state index in [9.17, 15) is 22.8 Å². The molecule has 2 aromatic carbocycles. The van der Waals surface area contributed by atoms with Gasteiger partial charge in [0.25, 0.3) is 5.91 Å². The molecule has 1 aliphatic rings. The van der Waals surface area contributed by atoms with Crippen LogP contribution in [0, 0.1) is 0 Å². The number of hydrogen-bond acceptors (Lipinski definition) is 3. The van der Waals surface area contributed by atoms with E-state index in [-0.39, 0.29) is 12.5 Å². The average Bonchev–Trinajstić information content (AvgIpc) is 2.64. The normalized spacial score (nSPS) is 17.5. The van der Waals surface area contributed by atoms with Crippen LogP contribution in [0.2, 0.25) is 0 Å². The summed E-state index contributed by atoms with van der Waals surface area (Å²) in [6, 6.07) is 11.0. The zero-order valence-electron chi connectivity index (χ0n) is 15.3. The van der Waals surface area contributed by atoms with Crippen molar-refractivity contribution in [2.45, 2.75) is 32.2 Å². The minimum atomic E-state index is -4.46. The lowest BCUT2D eigenvalue weighted by molar-refractivity contribution is -0.137. The Balaban J connectivity index is 1.73. The maximum absolute atomic E-state index is 12.9. The Morgan fingerprint density at radius 3 is 2.64 bits per heavy atom. The van der Waals surface area contributed by atoms with Gasteiger partial charge in [-0.05, 0) is 43.7 Å². The SMILES string of the molecule is CC1Oc2ccccc2N(CC(=O)NC(C)c2cccc(C(F)(F)F)c2)C1=O. The lowest BCUT2D eigenvalue weighted by atomic mass is 10.0. The molecule has 28 heavy (non-hydrogen) atoms. The average molecular weight is 392 g/mol. The number of carbonyl (C=O) groups is 2. The molecule has 5 nitrogen and oxygen atoms in total. The van der Waals surface area contributed by atoms with Crippen LogP contribution in [0.15, 0.2) is 48.5 Å². The van der Waals surface area contributed by atoms with E-state index < -0.39 is 29.8 Å². The van der Waals surface area contributed by atoms with Crippen molar-refractivity contribution in [3.63, 3.8) is 0 Å². The van der Waals surface area contributed by atoms with Crippen molar-refractivity contribution >= 4 is 17.5 Å². The first-order chi connectivity index (χ1) is 13.2. The van der Waals surface area contributed by atoms with Crippen LogP contribution in [-0.4, -0.2) is 24.5 Å². The van der Waals surface area contributed by atoms with Gasteiger partial charge in [-0.3, -0.25) is 14.5 Å². The number of benzene rings is 2. The highest BCUT2D eigenvalue weighted by molar-refractivity contribution is 6.03. The number of fused-ring (bicyclic) bond motifs is 1. The Labute approximate surface area is 160 Å². The predicted molar refractivity (Wildman–Crippen MR) is 96.9 cm³/mol. The Morgan fingerprint density at radius 1 is 1.21 bits per heavy atom. The Morgan fingerprint density at radius 2 is 1.93 bits per heavy atom. The van der Waals surface area contributed by atoms with Crippen molar-refractivity contribution in [1.29, 1.82) is 0 Å². The van der Waals surface area contributed by atoms with Crippen LogP contribution in [0.25, 0.3) is 0 Å². The van der Waals surface area contributed by atoms with Crippen molar-refractivity contribution < 1.29 is 27.5 Å². The van der Waals surface area contributed by atoms with Gasteiger partial charge in [0.05, 0.1) is 17.3 Å². The highest BCUT2D eigenvalue weighted by atomic mass is 19.4. The standard InChI is InChI=1S/C20H19F3N2O3/c1-12(14-6-5-7-15(10-14)20(21,22)23)24-18(26)11-25-16-8-3-4-9-17(16)28-13(2)19(25)27/h3-10,12-13H,11H2,1-2H3,(H,24,26). The van der Waals surface area contributed by atoms with Crippen molar-refractivity contribution in [2.24, 2.45) is 0 Å². The van der Waals surface area contributed by atoms with Gasteiger partial charge < -0.3 is 10.1 Å². The summed E-state index contributed by atoms with van der Waals surface area (Å²) in [7, 11) is 0. The van der Waals surface area contributed by atoms with Gasteiger partial charge >= 0.3 is 6.18 Å². The van der Waals surface area contributed by atoms with Gasteiger partial charge in [-0.15, -0.1) is 0 Å². The number of ether oxygens (including phenoxy) is 1. The summed E-state index contributed by atoms with van der Waals surface area (Å²) in [5, 5.41) is 2.65. The molecule has 0 radical (unpaired) electrons. The number of carbonyl (C=O) groups excluding carboxylic acids is 2. The van der Waals surface area contributed by atoms with Gasteiger partial charge in [-0.25, -0.2) is 0 Å². The van der Waals surface area contributed by atoms with Gasteiger partial charge in [-0.1, -0.05) is 24.3 Å². The second kappa shape index (κ2) is 7.53. The van der Waals surface area contributed by atoms with E-state index in [0.717, 1.165) is 12.1 Å². The molecule has 1 aliphatic heterocycles. The molecule has 3 rings (SSSR count). The molecule has 1 N–H and O–H groups in total. The highest BCUT2D eigenvalue weighted by Crippen LogP contribution is 2.33. The first-order valence-electron chi connectivity index (χ1n) is 8.70. The first kappa shape index (κ1) is 19.7. The summed E-state index contributed by atoms with van der Waals surface area (Å²) in [5.41, 5.74) is 0.0231. The smallest absolute Gasteiger partial charge is 0.416 e. The second-order valence-corrected chi connectivity index (χ2v) is 6.56. The summed E-state index contributed by atoms with van der Waals surface area (Å²) >= 11 is 0. The fourth-order valence-corrected chi connectivity index (χ4v) is 3.02. The van der Waals surface area contributed by atoms with Crippen LogP contribution in [0.4, 0.5) is 18.9 Å². The Bertz CT molecular complexity index is 898. The number of rotatable bonds is 4.